The molecule has 0 aliphatic carbocycles. The lowest BCUT2D eigenvalue weighted by Crippen LogP contribution is -1.91. The van der Waals surface area contributed by atoms with Gasteiger partial charge in [-0.05, 0) is 11.6 Å². The molecule has 2 aromatic heterocycles. The summed E-state index contributed by atoms with van der Waals surface area (Å²) < 4.78 is 0. The number of carbonyl (C=O) groups is 1. The molecule has 0 fully saturated rings. The number of thiazole rings is 1. The van der Waals surface area contributed by atoms with E-state index in [1.54, 1.807) is 23.7 Å². The molecule has 98 valence electrons. The minimum Gasteiger partial charge on any atom is -0.298 e. The third-order valence-corrected chi connectivity index (χ3v) is 3.78. The molecule has 3 rings (SSSR count). The van der Waals surface area contributed by atoms with Gasteiger partial charge in [-0.3, -0.25) is 9.78 Å². The minimum atomic E-state index is 0.599. The van der Waals surface area contributed by atoms with Crippen molar-refractivity contribution in [1.82, 2.24) is 9.97 Å². The van der Waals surface area contributed by atoms with E-state index >= 15 is 0 Å². The molecule has 0 saturated carbocycles. The van der Waals surface area contributed by atoms with E-state index in [1.165, 1.54) is 0 Å². The van der Waals surface area contributed by atoms with Crippen molar-refractivity contribution in [1.29, 1.82) is 0 Å². The van der Waals surface area contributed by atoms with Crippen LogP contribution in [0.5, 0.6) is 0 Å². The third-order valence-electron chi connectivity index (χ3n) is 2.93. The third kappa shape index (κ3) is 2.81. The van der Waals surface area contributed by atoms with Crippen molar-refractivity contribution in [3.63, 3.8) is 0 Å². The van der Waals surface area contributed by atoms with Crippen LogP contribution < -0.4 is 0 Å². The van der Waals surface area contributed by atoms with Crippen molar-refractivity contribution < 1.29 is 4.79 Å². The number of rotatable bonds is 4. The molecule has 0 spiro atoms. The molecule has 0 saturated heterocycles. The van der Waals surface area contributed by atoms with Gasteiger partial charge in [0.15, 0.2) is 6.29 Å². The Labute approximate surface area is 121 Å². The summed E-state index contributed by atoms with van der Waals surface area (Å²) in [6, 6.07) is 12.0. The lowest BCUT2D eigenvalue weighted by Gasteiger charge is -1.98. The van der Waals surface area contributed by atoms with Crippen molar-refractivity contribution in [3.8, 4) is 11.3 Å². The molecule has 0 unspecified atom stereocenters. The maximum atomic E-state index is 10.7. The molecule has 0 aliphatic heterocycles. The Morgan fingerprint density at radius 1 is 1.15 bits per heavy atom. The molecule has 0 atom stereocenters. The van der Waals surface area contributed by atoms with E-state index in [1.807, 2.05) is 36.4 Å². The molecule has 1 aromatic carbocycles. The van der Waals surface area contributed by atoms with Crippen molar-refractivity contribution in [2.75, 3.05) is 0 Å². The fourth-order valence-electron chi connectivity index (χ4n) is 1.98. The largest absolute Gasteiger partial charge is 0.298 e. The van der Waals surface area contributed by atoms with Crippen LogP contribution in [-0.4, -0.2) is 16.3 Å². The van der Waals surface area contributed by atoms with Gasteiger partial charge in [0.1, 0.15) is 0 Å². The first-order valence-corrected chi connectivity index (χ1v) is 7.12. The van der Waals surface area contributed by atoms with Crippen LogP contribution in [0, 0.1) is 0 Å². The highest BCUT2D eigenvalue weighted by atomic mass is 32.1. The Balaban J connectivity index is 1.82. The SMILES string of the molecule is O=Cc1cncc(Cc2nc(-c3ccccc3)cs2)c1. The van der Waals surface area contributed by atoms with Crippen LogP contribution in [0.3, 0.4) is 0 Å². The van der Waals surface area contributed by atoms with E-state index in [4.69, 9.17) is 0 Å². The molecular weight excluding hydrogens is 268 g/mol. The van der Waals surface area contributed by atoms with Gasteiger partial charge in [-0.2, -0.15) is 0 Å². The standard InChI is InChI=1S/C16H12N2OS/c19-10-13-6-12(8-17-9-13)7-16-18-15(11-20-16)14-4-2-1-3-5-14/h1-6,8-11H,7H2. The normalized spacial score (nSPS) is 10.4. The Bertz CT molecular complexity index is 722. The van der Waals surface area contributed by atoms with Gasteiger partial charge in [-0.1, -0.05) is 30.3 Å². The fraction of sp³-hybridized carbons (Fsp3) is 0.0625. The number of hydrogen-bond donors (Lipinski definition) is 0. The van der Waals surface area contributed by atoms with Gasteiger partial charge in [0, 0.05) is 35.3 Å². The maximum Gasteiger partial charge on any atom is 0.151 e. The van der Waals surface area contributed by atoms with E-state index in [2.05, 4.69) is 15.3 Å². The Hall–Kier alpha value is -2.33. The van der Waals surface area contributed by atoms with Gasteiger partial charge >= 0.3 is 0 Å². The monoisotopic (exact) mass is 280 g/mol. The van der Waals surface area contributed by atoms with Crippen molar-refractivity contribution in [3.05, 3.63) is 70.3 Å². The zero-order valence-corrected chi connectivity index (χ0v) is 11.5. The van der Waals surface area contributed by atoms with Crippen LogP contribution in [0.15, 0.2) is 54.2 Å². The van der Waals surface area contributed by atoms with Gasteiger partial charge in [-0.15, -0.1) is 11.3 Å². The molecular formula is C16H12N2OS. The predicted molar refractivity (Wildman–Crippen MR) is 80.0 cm³/mol. The van der Waals surface area contributed by atoms with Crippen LogP contribution in [-0.2, 0) is 6.42 Å². The smallest absolute Gasteiger partial charge is 0.151 e. The molecule has 0 bridgehead atoms. The number of aldehydes is 1. The molecule has 3 nitrogen and oxygen atoms in total. The van der Waals surface area contributed by atoms with Crippen LogP contribution in [0.25, 0.3) is 11.3 Å². The van der Waals surface area contributed by atoms with Gasteiger partial charge in [0.25, 0.3) is 0 Å². The summed E-state index contributed by atoms with van der Waals surface area (Å²) in [5, 5.41) is 3.08. The Kier molecular flexibility index (Phi) is 3.65. The second kappa shape index (κ2) is 5.75. The van der Waals surface area contributed by atoms with E-state index in [-0.39, 0.29) is 0 Å². The van der Waals surface area contributed by atoms with Gasteiger partial charge in [-0.25, -0.2) is 4.98 Å². The van der Waals surface area contributed by atoms with Crippen molar-refractivity contribution in [2.45, 2.75) is 6.42 Å². The van der Waals surface area contributed by atoms with E-state index in [0.717, 1.165) is 28.1 Å². The number of hydrogen-bond acceptors (Lipinski definition) is 4. The zero-order chi connectivity index (χ0) is 13.8. The quantitative estimate of drug-likeness (QED) is 0.686. The van der Waals surface area contributed by atoms with Crippen molar-refractivity contribution >= 4 is 17.6 Å². The molecule has 3 aromatic rings. The minimum absolute atomic E-state index is 0.599. The molecule has 0 radical (unpaired) electrons. The molecule has 0 N–H and O–H groups in total. The highest BCUT2D eigenvalue weighted by molar-refractivity contribution is 7.10. The first-order chi connectivity index (χ1) is 9.85. The fourth-order valence-corrected chi connectivity index (χ4v) is 2.81. The number of pyridine rings is 1. The topological polar surface area (TPSA) is 42.9 Å². The van der Waals surface area contributed by atoms with E-state index < -0.39 is 0 Å². The summed E-state index contributed by atoms with van der Waals surface area (Å²) in [4.78, 5) is 19.4. The molecule has 4 heteroatoms. The first-order valence-electron chi connectivity index (χ1n) is 6.24. The molecule has 2 heterocycles. The highest BCUT2D eigenvalue weighted by Crippen LogP contribution is 2.23. The highest BCUT2D eigenvalue weighted by Gasteiger charge is 2.06. The van der Waals surface area contributed by atoms with Crippen LogP contribution >= 0.6 is 11.3 Å². The summed E-state index contributed by atoms with van der Waals surface area (Å²) in [5.74, 6) is 0. The zero-order valence-electron chi connectivity index (χ0n) is 10.7. The summed E-state index contributed by atoms with van der Waals surface area (Å²) in [6.45, 7) is 0. The number of carbonyl (C=O) groups excluding carboxylic acids is 1. The molecule has 20 heavy (non-hydrogen) atoms. The summed E-state index contributed by atoms with van der Waals surface area (Å²) in [6.07, 6.45) is 4.85. The Morgan fingerprint density at radius 3 is 2.80 bits per heavy atom. The maximum absolute atomic E-state index is 10.7. The van der Waals surface area contributed by atoms with Gasteiger partial charge in [0.05, 0.1) is 10.7 Å². The first kappa shape index (κ1) is 12.7. The summed E-state index contributed by atoms with van der Waals surface area (Å²) in [7, 11) is 0. The number of nitrogens with zero attached hydrogens (tertiary/aromatic N) is 2. The second-order valence-electron chi connectivity index (χ2n) is 4.41. The van der Waals surface area contributed by atoms with Gasteiger partial charge < -0.3 is 0 Å². The van der Waals surface area contributed by atoms with Gasteiger partial charge in [0.2, 0.25) is 0 Å². The number of aromatic nitrogens is 2. The molecule has 0 aliphatic rings. The van der Waals surface area contributed by atoms with E-state index in [0.29, 0.717) is 12.0 Å². The number of benzene rings is 1. The Morgan fingerprint density at radius 2 is 2.00 bits per heavy atom. The van der Waals surface area contributed by atoms with Crippen molar-refractivity contribution in [2.24, 2.45) is 0 Å². The van der Waals surface area contributed by atoms with Crippen LogP contribution in [0.1, 0.15) is 20.9 Å². The summed E-state index contributed by atoms with van der Waals surface area (Å²) >= 11 is 1.63. The van der Waals surface area contributed by atoms with Crippen LogP contribution in [0.4, 0.5) is 0 Å². The molecule has 0 amide bonds. The van der Waals surface area contributed by atoms with Crippen LogP contribution in [0.2, 0.25) is 0 Å². The second-order valence-corrected chi connectivity index (χ2v) is 5.36. The lowest BCUT2D eigenvalue weighted by atomic mass is 10.1. The summed E-state index contributed by atoms with van der Waals surface area (Å²) in [5.41, 5.74) is 3.71. The predicted octanol–water partition coefficient (Wildman–Crippen LogP) is 3.61. The average molecular weight is 280 g/mol. The average Bonchev–Trinajstić information content (AvgIpc) is 2.97. The lowest BCUT2D eigenvalue weighted by molar-refractivity contribution is 0.112. The van der Waals surface area contributed by atoms with E-state index in [9.17, 15) is 4.79 Å².